The van der Waals surface area contributed by atoms with Crippen molar-refractivity contribution in [2.24, 2.45) is 0 Å². The average molecular weight is 619 g/mol. The highest BCUT2D eigenvalue weighted by molar-refractivity contribution is 7.99. The number of carbonyl (C=O) groups is 1. The van der Waals surface area contributed by atoms with Crippen molar-refractivity contribution in [1.82, 2.24) is 14.8 Å². The van der Waals surface area contributed by atoms with Crippen LogP contribution in [0.15, 0.2) is 101 Å². The lowest BCUT2D eigenvalue weighted by atomic mass is 10.1. The first-order chi connectivity index (χ1) is 20.5. The van der Waals surface area contributed by atoms with Crippen molar-refractivity contribution in [3.63, 3.8) is 0 Å². The molecule has 5 rings (SSSR count). The molecule has 0 aliphatic rings. The van der Waals surface area contributed by atoms with Crippen LogP contribution in [-0.2, 0) is 23.8 Å². The predicted molar refractivity (Wildman–Crippen MR) is 146 cm³/mol. The third-order valence-corrected chi connectivity index (χ3v) is 6.85. The first kappa shape index (κ1) is 29.8. The summed E-state index contributed by atoms with van der Waals surface area (Å²) >= 11 is 0.879. The van der Waals surface area contributed by atoms with Crippen molar-refractivity contribution in [3.05, 3.63) is 108 Å². The zero-order chi connectivity index (χ0) is 30.6. The molecule has 0 spiro atoms. The molecule has 14 heteroatoms. The van der Waals surface area contributed by atoms with Crippen LogP contribution in [0.25, 0.3) is 17.3 Å². The second-order valence-electron chi connectivity index (χ2n) is 9.02. The molecular formula is C29H20F6N4O3S. The Morgan fingerprint density at radius 1 is 0.860 bits per heavy atom. The number of amides is 1. The highest BCUT2D eigenvalue weighted by Gasteiger charge is 2.37. The molecule has 0 atom stereocenters. The number of aromatic nitrogens is 3. The van der Waals surface area contributed by atoms with Crippen LogP contribution in [0.3, 0.4) is 0 Å². The van der Waals surface area contributed by atoms with Crippen LogP contribution in [0.5, 0.6) is 5.75 Å². The number of nitrogens with one attached hydrogen (secondary N) is 1. The van der Waals surface area contributed by atoms with Crippen molar-refractivity contribution >= 4 is 23.4 Å². The molecule has 0 saturated heterocycles. The SMILES string of the molecule is O=C(CSc1nnc(-c2ccco2)n1-c1ccc(OCc2ccccc2)cc1)Nc1cc(C(F)(F)F)cc(C(F)(F)F)c1. The zero-order valence-electron chi connectivity index (χ0n) is 21.8. The molecule has 43 heavy (non-hydrogen) atoms. The average Bonchev–Trinajstić information content (AvgIpc) is 3.65. The molecule has 0 fully saturated rings. The molecule has 0 bridgehead atoms. The van der Waals surface area contributed by atoms with E-state index in [0.717, 1.165) is 17.3 Å². The molecule has 2 heterocycles. The van der Waals surface area contributed by atoms with E-state index in [-0.39, 0.29) is 11.2 Å². The van der Waals surface area contributed by atoms with Crippen molar-refractivity contribution in [3.8, 4) is 23.0 Å². The van der Waals surface area contributed by atoms with Gasteiger partial charge in [-0.25, -0.2) is 0 Å². The molecular weight excluding hydrogens is 598 g/mol. The Morgan fingerprint density at radius 3 is 2.14 bits per heavy atom. The van der Waals surface area contributed by atoms with Crippen LogP contribution in [-0.4, -0.2) is 26.4 Å². The molecule has 222 valence electrons. The molecule has 0 aliphatic carbocycles. The van der Waals surface area contributed by atoms with E-state index in [1.807, 2.05) is 30.3 Å². The number of hydrogen-bond acceptors (Lipinski definition) is 6. The summed E-state index contributed by atoms with van der Waals surface area (Å²) in [6, 6.07) is 20.7. The van der Waals surface area contributed by atoms with Crippen molar-refractivity contribution in [2.75, 3.05) is 11.1 Å². The summed E-state index contributed by atoms with van der Waals surface area (Å²) in [5.74, 6) is 0.0198. The Labute approximate surface area is 244 Å². The van der Waals surface area contributed by atoms with E-state index in [1.54, 1.807) is 41.0 Å². The van der Waals surface area contributed by atoms with Gasteiger partial charge in [0.1, 0.15) is 12.4 Å². The summed E-state index contributed by atoms with van der Waals surface area (Å²) in [5.41, 5.74) is -2.15. The maximum absolute atomic E-state index is 13.2. The molecule has 7 nitrogen and oxygen atoms in total. The van der Waals surface area contributed by atoms with E-state index in [0.29, 0.717) is 41.8 Å². The van der Waals surface area contributed by atoms with Crippen LogP contribution in [0.2, 0.25) is 0 Å². The second kappa shape index (κ2) is 12.3. The topological polar surface area (TPSA) is 82.2 Å². The van der Waals surface area contributed by atoms with Gasteiger partial charge < -0.3 is 14.5 Å². The van der Waals surface area contributed by atoms with Crippen molar-refractivity contribution < 1.29 is 40.3 Å². The Kier molecular flexibility index (Phi) is 8.48. The number of carbonyl (C=O) groups excluding carboxylic acids is 1. The fraction of sp³-hybridized carbons (Fsp3) is 0.138. The summed E-state index contributed by atoms with van der Waals surface area (Å²) in [6.07, 6.45) is -8.65. The summed E-state index contributed by atoms with van der Waals surface area (Å²) in [4.78, 5) is 12.6. The number of hydrogen-bond donors (Lipinski definition) is 1. The normalized spacial score (nSPS) is 11.9. The van der Waals surface area contributed by atoms with Crippen molar-refractivity contribution in [1.29, 1.82) is 0 Å². The fourth-order valence-corrected chi connectivity index (χ4v) is 4.70. The van der Waals surface area contributed by atoms with E-state index in [1.165, 1.54) is 6.26 Å². The molecule has 0 unspecified atom stereocenters. The summed E-state index contributed by atoms with van der Waals surface area (Å²) in [7, 11) is 0. The Bertz CT molecular complexity index is 1650. The lowest BCUT2D eigenvalue weighted by molar-refractivity contribution is -0.143. The van der Waals surface area contributed by atoms with Crippen molar-refractivity contribution in [2.45, 2.75) is 24.1 Å². The quantitative estimate of drug-likeness (QED) is 0.134. The van der Waals surface area contributed by atoms with Gasteiger partial charge in [-0.3, -0.25) is 9.36 Å². The summed E-state index contributed by atoms with van der Waals surface area (Å²) < 4.78 is 92.1. The number of ether oxygens (including phenoxy) is 1. The number of thioether (sulfide) groups is 1. The predicted octanol–water partition coefficient (Wildman–Crippen LogP) is 7.87. The van der Waals surface area contributed by atoms with Gasteiger partial charge in [-0.2, -0.15) is 26.3 Å². The van der Waals surface area contributed by atoms with E-state index >= 15 is 0 Å². The number of nitrogens with zero attached hydrogens (tertiary/aromatic N) is 3. The minimum absolute atomic E-state index is 0.0129. The van der Waals surface area contributed by atoms with Gasteiger partial charge in [0.25, 0.3) is 0 Å². The minimum atomic E-state index is -5.05. The van der Waals surface area contributed by atoms with E-state index in [2.05, 4.69) is 15.5 Å². The van der Waals surface area contributed by atoms with Gasteiger partial charge in [-0.05, 0) is 60.2 Å². The molecule has 0 saturated carbocycles. The Hall–Kier alpha value is -4.72. The summed E-state index contributed by atoms with van der Waals surface area (Å²) in [5, 5.41) is 10.6. The number of furan rings is 1. The van der Waals surface area contributed by atoms with E-state index in [4.69, 9.17) is 9.15 Å². The number of rotatable bonds is 9. The molecule has 5 aromatic rings. The van der Waals surface area contributed by atoms with Gasteiger partial charge in [0.05, 0.1) is 28.8 Å². The molecule has 3 aromatic carbocycles. The third-order valence-electron chi connectivity index (χ3n) is 5.92. The van der Waals surface area contributed by atoms with Gasteiger partial charge in [0, 0.05) is 5.69 Å². The highest BCUT2D eigenvalue weighted by Crippen LogP contribution is 2.38. The lowest BCUT2D eigenvalue weighted by Crippen LogP contribution is -2.17. The highest BCUT2D eigenvalue weighted by atomic mass is 32.2. The van der Waals surface area contributed by atoms with Gasteiger partial charge in [-0.1, -0.05) is 42.1 Å². The van der Waals surface area contributed by atoms with Gasteiger partial charge in [0.2, 0.25) is 11.7 Å². The van der Waals surface area contributed by atoms with Crippen LogP contribution in [0.4, 0.5) is 32.0 Å². The van der Waals surface area contributed by atoms with Gasteiger partial charge in [-0.15, -0.1) is 10.2 Å². The van der Waals surface area contributed by atoms with Gasteiger partial charge in [0.15, 0.2) is 10.9 Å². The molecule has 0 aliphatic heterocycles. The maximum atomic E-state index is 13.2. The Morgan fingerprint density at radius 2 is 1.53 bits per heavy atom. The smallest absolute Gasteiger partial charge is 0.416 e. The first-order valence-corrected chi connectivity index (χ1v) is 13.4. The van der Waals surface area contributed by atoms with Crippen LogP contribution < -0.4 is 10.1 Å². The Balaban J connectivity index is 1.34. The van der Waals surface area contributed by atoms with Crippen LogP contribution >= 0.6 is 11.8 Å². The standard InChI is InChI=1S/C29H20F6N4O3S/c30-28(31,32)19-13-20(29(33,34)35)15-21(14-19)36-25(40)17-43-27-38-37-26(24-7-4-12-41-24)39(27)22-8-10-23(11-9-22)42-16-18-5-2-1-3-6-18/h1-15H,16-17H2,(H,36,40). The zero-order valence-corrected chi connectivity index (χ0v) is 22.6. The largest absolute Gasteiger partial charge is 0.489 e. The third kappa shape index (κ3) is 7.38. The monoisotopic (exact) mass is 618 g/mol. The van der Waals surface area contributed by atoms with Crippen LogP contribution in [0.1, 0.15) is 16.7 Å². The number of alkyl halides is 6. The number of halogens is 6. The maximum Gasteiger partial charge on any atom is 0.416 e. The van der Waals surface area contributed by atoms with E-state index < -0.39 is 40.8 Å². The second-order valence-corrected chi connectivity index (χ2v) is 9.96. The lowest BCUT2D eigenvalue weighted by Gasteiger charge is -2.15. The number of benzene rings is 3. The van der Waals surface area contributed by atoms with Gasteiger partial charge >= 0.3 is 12.4 Å². The molecule has 2 aromatic heterocycles. The fourth-order valence-electron chi connectivity index (χ4n) is 3.95. The molecule has 1 N–H and O–H groups in total. The van der Waals surface area contributed by atoms with E-state index in [9.17, 15) is 31.1 Å². The minimum Gasteiger partial charge on any atom is -0.489 e. The molecule has 1 amide bonds. The molecule has 0 radical (unpaired) electrons. The first-order valence-electron chi connectivity index (χ1n) is 12.5. The summed E-state index contributed by atoms with van der Waals surface area (Å²) in [6.45, 7) is 0.358. The number of anilines is 1. The van der Waals surface area contributed by atoms with Crippen LogP contribution in [0, 0.1) is 0 Å².